The summed E-state index contributed by atoms with van der Waals surface area (Å²) in [7, 11) is 4.52. The minimum absolute atomic E-state index is 0.148. The standard InChI is InChI=1S/C38H44N2O9/c1-7-22(2)34(42)39-30-14-11-19-40(30)35(43)33-31(24-12-9-8-10-13-24)38(25-15-17-26(45-4)18-16-25)36(48-23(3)41)37(33,44)32-28(47-6)20-27(46-5)21-29(32)49-38/h8-10,12-13,15-18,20-22,30-31,33,36,44H,7,11,14,19H2,1-6H3,(H,39,42)/t22-,30+,31+,33-,36-,37+,38+/m1/s1. The zero-order valence-corrected chi connectivity index (χ0v) is 28.7. The third-order valence-corrected chi connectivity index (χ3v) is 10.4. The minimum Gasteiger partial charge on any atom is -0.497 e. The fourth-order valence-electron chi connectivity index (χ4n) is 7.93. The Morgan fingerprint density at radius 2 is 1.69 bits per heavy atom. The van der Waals surface area contributed by atoms with Crippen LogP contribution in [0.15, 0.2) is 66.7 Å². The highest BCUT2D eigenvalue weighted by molar-refractivity contribution is 5.86. The number of esters is 1. The molecular formula is C38H44N2O9. The molecule has 3 aromatic rings. The molecule has 6 rings (SSSR count). The van der Waals surface area contributed by atoms with E-state index in [-0.39, 0.29) is 28.9 Å². The van der Waals surface area contributed by atoms with Crippen LogP contribution in [0.3, 0.4) is 0 Å². The molecule has 3 aliphatic rings. The number of benzene rings is 3. The lowest BCUT2D eigenvalue weighted by molar-refractivity contribution is -0.196. The summed E-state index contributed by atoms with van der Waals surface area (Å²) in [6.45, 7) is 5.41. The van der Waals surface area contributed by atoms with E-state index in [2.05, 4.69) is 5.32 Å². The quantitative estimate of drug-likeness (QED) is 0.296. The Morgan fingerprint density at radius 1 is 1.00 bits per heavy atom. The Bertz CT molecular complexity index is 1710. The van der Waals surface area contributed by atoms with Crippen molar-refractivity contribution in [2.45, 2.75) is 69.4 Å². The molecule has 11 heteroatoms. The number of likely N-dealkylation sites (tertiary alicyclic amines) is 1. The molecule has 2 aliphatic heterocycles. The summed E-state index contributed by atoms with van der Waals surface area (Å²) in [5, 5.41) is 16.6. The van der Waals surface area contributed by atoms with E-state index < -0.39 is 47.2 Å². The van der Waals surface area contributed by atoms with E-state index in [4.69, 9.17) is 23.7 Å². The second kappa shape index (κ2) is 13.3. The molecule has 0 spiro atoms. The summed E-state index contributed by atoms with van der Waals surface area (Å²) >= 11 is 0. The van der Waals surface area contributed by atoms with Crippen LogP contribution in [0.1, 0.15) is 62.6 Å². The molecule has 1 saturated heterocycles. The molecule has 2 fully saturated rings. The van der Waals surface area contributed by atoms with Crippen molar-refractivity contribution in [2.75, 3.05) is 27.9 Å². The smallest absolute Gasteiger partial charge is 0.303 e. The second-order valence-electron chi connectivity index (χ2n) is 13.0. The zero-order valence-electron chi connectivity index (χ0n) is 28.7. The molecule has 2 N–H and O–H groups in total. The van der Waals surface area contributed by atoms with E-state index in [1.807, 2.05) is 44.2 Å². The van der Waals surface area contributed by atoms with Gasteiger partial charge in [-0.2, -0.15) is 0 Å². The fourth-order valence-corrected chi connectivity index (χ4v) is 7.93. The number of rotatable bonds is 10. The van der Waals surface area contributed by atoms with Crippen LogP contribution in [0.4, 0.5) is 0 Å². The van der Waals surface area contributed by atoms with Gasteiger partial charge in [0.1, 0.15) is 29.2 Å². The summed E-state index contributed by atoms with van der Waals surface area (Å²) in [5.74, 6) is -2.24. The van der Waals surface area contributed by atoms with Gasteiger partial charge in [0.2, 0.25) is 11.8 Å². The summed E-state index contributed by atoms with van der Waals surface area (Å²) in [5.41, 5.74) is -2.40. The maximum Gasteiger partial charge on any atom is 0.303 e. The average Bonchev–Trinajstić information content (AvgIpc) is 3.63. The highest BCUT2D eigenvalue weighted by Crippen LogP contribution is 2.69. The normalized spacial score (nSPS) is 27.4. The number of hydrogen-bond acceptors (Lipinski definition) is 9. The molecular weight excluding hydrogens is 628 g/mol. The molecule has 0 unspecified atom stereocenters. The van der Waals surface area contributed by atoms with Gasteiger partial charge in [0.15, 0.2) is 17.3 Å². The summed E-state index contributed by atoms with van der Waals surface area (Å²) in [6.07, 6.45) is -0.147. The van der Waals surface area contributed by atoms with E-state index in [1.165, 1.54) is 21.1 Å². The predicted molar refractivity (Wildman–Crippen MR) is 179 cm³/mol. The minimum atomic E-state index is -2.18. The molecule has 2 bridgehead atoms. The lowest BCUT2D eigenvalue weighted by atomic mass is 9.75. The molecule has 2 amide bonds. The first-order valence-corrected chi connectivity index (χ1v) is 16.7. The highest BCUT2D eigenvalue weighted by Gasteiger charge is 2.78. The Hall–Kier alpha value is -4.77. The maximum absolute atomic E-state index is 15.4. The van der Waals surface area contributed by atoms with Crippen LogP contribution in [0.5, 0.6) is 23.0 Å². The predicted octanol–water partition coefficient (Wildman–Crippen LogP) is 4.64. The topological polar surface area (TPSA) is 133 Å². The monoisotopic (exact) mass is 672 g/mol. The third kappa shape index (κ3) is 5.44. The summed E-state index contributed by atoms with van der Waals surface area (Å²) in [4.78, 5) is 43.2. The van der Waals surface area contributed by atoms with Crippen LogP contribution in [0, 0.1) is 11.8 Å². The van der Waals surface area contributed by atoms with Crippen molar-refractivity contribution in [1.29, 1.82) is 0 Å². The zero-order chi connectivity index (χ0) is 35.1. The van der Waals surface area contributed by atoms with Crippen LogP contribution in [0.25, 0.3) is 0 Å². The molecule has 1 aliphatic carbocycles. The number of methoxy groups -OCH3 is 3. The molecule has 0 radical (unpaired) electrons. The highest BCUT2D eigenvalue weighted by atomic mass is 16.6. The van der Waals surface area contributed by atoms with Crippen LogP contribution >= 0.6 is 0 Å². The van der Waals surface area contributed by atoms with Crippen LogP contribution in [0.2, 0.25) is 0 Å². The van der Waals surface area contributed by atoms with Crippen LogP contribution < -0.4 is 24.3 Å². The van der Waals surface area contributed by atoms with E-state index >= 15 is 4.79 Å². The van der Waals surface area contributed by atoms with Crippen molar-refractivity contribution in [1.82, 2.24) is 10.2 Å². The number of aliphatic hydroxyl groups is 1. The van der Waals surface area contributed by atoms with Crippen LogP contribution in [-0.2, 0) is 30.3 Å². The Morgan fingerprint density at radius 3 is 2.31 bits per heavy atom. The van der Waals surface area contributed by atoms with Crippen LogP contribution in [-0.4, -0.2) is 67.9 Å². The van der Waals surface area contributed by atoms with Crippen molar-refractivity contribution >= 4 is 17.8 Å². The number of ether oxygens (including phenoxy) is 5. The SMILES string of the molecule is CC[C@@H](C)C(=O)N[C@@H]1CCCN1C(=O)[C@H]1[C@H](c2ccccc2)[C@]2(c3ccc(OC)cc3)Oc3cc(OC)cc(OC)c3[C@@]1(O)[C@H]2OC(C)=O. The van der Waals surface area contributed by atoms with Gasteiger partial charge in [-0.3, -0.25) is 14.4 Å². The molecule has 260 valence electrons. The second-order valence-corrected chi connectivity index (χ2v) is 13.0. The summed E-state index contributed by atoms with van der Waals surface area (Å²) in [6, 6.07) is 19.7. The number of carbonyl (C=O) groups excluding carboxylic acids is 3. The number of nitrogens with zero attached hydrogens (tertiary/aromatic N) is 1. The molecule has 3 aromatic carbocycles. The number of nitrogens with one attached hydrogen (secondary N) is 1. The molecule has 2 heterocycles. The average molecular weight is 673 g/mol. The van der Waals surface area contributed by atoms with Gasteiger partial charge in [0.05, 0.1) is 32.8 Å². The summed E-state index contributed by atoms with van der Waals surface area (Å²) < 4.78 is 30.2. The van der Waals surface area contributed by atoms with Crippen molar-refractivity contribution in [3.05, 3.63) is 83.4 Å². The first-order chi connectivity index (χ1) is 23.5. The van der Waals surface area contributed by atoms with Crippen molar-refractivity contribution in [3.8, 4) is 23.0 Å². The Balaban J connectivity index is 1.66. The molecule has 0 aromatic heterocycles. The lowest BCUT2D eigenvalue weighted by Gasteiger charge is -2.46. The van der Waals surface area contributed by atoms with Gasteiger partial charge >= 0.3 is 5.97 Å². The van der Waals surface area contributed by atoms with E-state index in [0.29, 0.717) is 48.4 Å². The number of carbonyl (C=O) groups is 3. The van der Waals surface area contributed by atoms with Gasteiger partial charge in [-0.25, -0.2) is 0 Å². The van der Waals surface area contributed by atoms with E-state index in [1.54, 1.807) is 48.4 Å². The first-order valence-electron chi connectivity index (χ1n) is 16.7. The molecule has 1 saturated carbocycles. The van der Waals surface area contributed by atoms with Gasteiger partial charge in [-0.1, -0.05) is 56.3 Å². The lowest BCUT2D eigenvalue weighted by Crippen LogP contribution is -2.57. The van der Waals surface area contributed by atoms with Crippen molar-refractivity contribution in [3.63, 3.8) is 0 Å². The first kappa shape index (κ1) is 34.1. The number of fused-ring (bicyclic) bond motifs is 4. The Labute approximate surface area is 286 Å². The van der Waals surface area contributed by atoms with Gasteiger partial charge in [-0.15, -0.1) is 0 Å². The van der Waals surface area contributed by atoms with Gasteiger partial charge in [0.25, 0.3) is 0 Å². The Kier molecular flexibility index (Phi) is 9.23. The fraction of sp³-hybridized carbons (Fsp3) is 0.447. The third-order valence-electron chi connectivity index (χ3n) is 10.4. The molecule has 49 heavy (non-hydrogen) atoms. The van der Waals surface area contributed by atoms with Crippen molar-refractivity contribution < 1.29 is 43.2 Å². The molecule has 7 atom stereocenters. The van der Waals surface area contributed by atoms with Gasteiger partial charge < -0.3 is 39.0 Å². The number of hydrogen-bond donors (Lipinski definition) is 2. The van der Waals surface area contributed by atoms with Gasteiger partial charge in [-0.05, 0) is 37.0 Å². The largest absolute Gasteiger partial charge is 0.497 e. The van der Waals surface area contributed by atoms with Crippen molar-refractivity contribution in [2.24, 2.45) is 11.8 Å². The van der Waals surface area contributed by atoms with E-state index in [0.717, 1.165) is 0 Å². The maximum atomic E-state index is 15.4. The van der Waals surface area contributed by atoms with Gasteiger partial charge in [0, 0.05) is 43.0 Å². The molecule has 11 nitrogen and oxygen atoms in total. The number of amides is 2. The van der Waals surface area contributed by atoms with E-state index in [9.17, 15) is 14.7 Å².